The molecule has 3 aromatic rings. The van der Waals surface area contributed by atoms with Crippen molar-refractivity contribution in [3.05, 3.63) is 48.4 Å². The molecule has 3 heterocycles. The summed E-state index contributed by atoms with van der Waals surface area (Å²) >= 11 is 0. The summed E-state index contributed by atoms with van der Waals surface area (Å²) in [6.45, 7) is 1.77. The number of sulfonamides is 1. The Balaban J connectivity index is 1.52. The van der Waals surface area contributed by atoms with Gasteiger partial charge in [-0.3, -0.25) is 0 Å². The summed E-state index contributed by atoms with van der Waals surface area (Å²) in [7, 11) is 0.480. The van der Waals surface area contributed by atoms with E-state index in [4.69, 9.17) is 0 Å². The predicted molar refractivity (Wildman–Crippen MR) is 110 cm³/mol. The number of aromatic nitrogens is 3. The molecule has 1 aliphatic heterocycles. The average Bonchev–Trinajstić information content (AvgIpc) is 3.04. The normalized spacial score (nSPS) is 15.8. The van der Waals surface area contributed by atoms with E-state index < -0.39 is 10.0 Å². The maximum Gasteiger partial charge on any atom is 0.244 e. The van der Waals surface area contributed by atoms with Crippen LogP contribution in [0.2, 0.25) is 0 Å². The molecule has 4 rings (SSSR count). The highest BCUT2D eigenvalue weighted by atomic mass is 32.2. The molecule has 28 heavy (non-hydrogen) atoms. The van der Waals surface area contributed by atoms with Gasteiger partial charge in [-0.1, -0.05) is 18.6 Å². The quantitative estimate of drug-likeness (QED) is 0.660. The first-order valence-electron chi connectivity index (χ1n) is 9.54. The molecule has 0 N–H and O–H groups in total. The van der Waals surface area contributed by atoms with E-state index in [9.17, 15) is 8.42 Å². The Morgan fingerprint density at radius 1 is 1.07 bits per heavy atom. The van der Waals surface area contributed by atoms with E-state index in [0.29, 0.717) is 25.5 Å². The zero-order valence-electron chi connectivity index (χ0n) is 16.2. The number of fused-ring (bicyclic) bond motifs is 1. The van der Waals surface area contributed by atoms with E-state index in [1.54, 1.807) is 16.4 Å². The minimum atomic E-state index is -3.45. The average molecular weight is 400 g/mol. The van der Waals surface area contributed by atoms with Crippen LogP contribution in [0.4, 0.5) is 5.82 Å². The van der Waals surface area contributed by atoms with Crippen LogP contribution in [0.25, 0.3) is 11.0 Å². The van der Waals surface area contributed by atoms with Crippen LogP contribution in [-0.2, 0) is 23.6 Å². The third-order valence-corrected chi connectivity index (χ3v) is 7.21. The first-order chi connectivity index (χ1) is 13.5. The molecule has 7 nitrogen and oxygen atoms in total. The standard InChI is InChI=1S/C20H25N5O2S/c1-23(15-20-22-17-8-4-5-9-18(17)24(20)2)19-11-10-16(14-21-19)28(26,27)25-12-6-3-7-13-25/h4-5,8-11,14H,3,6-7,12-13,15H2,1-2H3. The fraction of sp³-hybridized carbons (Fsp3) is 0.400. The maximum absolute atomic E-state index is 12.8. The van der Waals surface area contributed by atoms with Crippen LogP contribution in [-0.4, -0.2) is 47.4 Å². The summed E-state index contributed by atoms with van der Waals surface area (Å²) < 4.78 is 29.2. The fourth-order valence-corrected chi connectivity index (χ4v) is 5.10. The van der Waals surface area contributed by atoms with Crippen molar-refractivity contribution in [1.82, 2.24) is 18.8 Å². The molecule has 1 saturated heterocycles. The second-order valence-corrected chi connectivity index (χ2v) is 9.19. The van der Waals surface area contributed by atoms with Crippen molar-refractivity contribution in [2.75, 3.05) is 25.0 Å². The van der Waals surface area contributed by atoms with Gasteiger partial charge in [0.15, 0.2) is 0 Å². The Labute approximate surface area is 165 Å². The lowest BCUT2D eigenvalue weighted by Crippen LogP contribution is -2.35. The second kappa shape index (κ2) is 7.52. The Morgan fingerprint density at radius 3 is 2.50 bits per heavy atom. The van der Waals surface area contributed by atoms with Gasteiger partial charge in [0, 0.05) is 33.4 Å². The van der Waals surface area contributed by atoms with Crippen LogP contribution in [0, 0.1) is 0 Å². The topological polar surface area (TPSA) is 71.3 Å². The van der Waals surface area contributed by atoms with E-state index >= 15 is 0 Å². The summed E-state index contributed by atoms with van der Waals surface area (Å²) in [5, 5.41) is 0. The first-order valence-corrected chi connectivity index (χ1v) is 11.0. The molecular formula is C20H25N5O2S. The van der Waals surface area contributed by atoms with Crippen LogP contribution < -0.4 is 4.90 Å². The van der Waals surface area contributed by atoms with Gasteiger partial charge in [0.1, 0.15) is 16.5 Å². The van der Waals surface area contributed by atoms with Crippen LogP contribution in [0.5, 0.6) is 0 Å². The van der Waals surface area contributed by atoms with Crippen molar-refractivity contribution in [2.24, 2.45) is 7.05 Å². The SMILES string of the molecule is CN(Cc1nc2ccccc2n1C)c1ccc(S(=O)(=O)N2CCCCC2)cn1. The molecule has 148 valence electrons. The number of benzene rings is 1. The molecule has 0 atom stereocenters. The number of aryl methyl sites for hydroxylation is 1. The molecule has 0 amide bonds. The van der Waals surface area contributed by atoms with Crippen molar-refractivity contribution in [3.63, 3.8) is 0 Å². The number of anilines is 1. The molecule has 0 aliphatic carbocycles. The van der Waals surface area contributed by atoms with Crippen LogP contribution in [0.3, 0.4) is 0 Å². The lowest BCUT2D eigenvalue weighted by Gasteiger charge is -2.26. The zero-order chi connectivity index (χ0) is 19.7. The Morgan fingerprint density at radius 2 is 1.82 bits per heavy atom. The van der Waals surface area contributed by atoms with Gasteiger partial charge in [0.2, 0.25) is 10.0 Å². The van der Waals surface area contributed by atoms with E-state index in [0.717, 1.165) is 36.1 Å². The number of rotatable bonds is 5. The van der Waals surface area contributed by atoms with Gasteiger partial charge >= 0.3 is 0 Å². The highest BCUT2D eigenvalue weighted by molar-refractivity contribution is 7.89. The van der Waals surface area contributed by atoms with Crippen molar-refractivity contribution in [2.45, 2.75) is 30.7 Å². The lowest BCUT2D eigenvalue weighted by molar-refractivity contribution is 0.346. The Hall–Kier alpha value is -2.45. The van der Waals surface area contributed by atoms with E-state index in [1.165, 1.54) is 6.20 Å². The summed E-state index contributed by atoms with van der Waals surface area (Å²) in [5.41, 5.74) is 2.05. The van der Waals surface area contributed by atoms with Crippen molar-refractivity contribution in [1.29, 1.82) is 0 Å². The first kappa shape index (κ1) is 18.9. The summed E-state index contributed by atoms with van der Waals surface area (Å²) in [6.07, 6.45) is 4.40. The molecule has 0 saturated carbocycles. The number of hydrogen-bond donors (Lipinski definition) is 0. The van der Waals surface area contributed by atoms with Crippen LogP contribution in [0.1, 0.15) is 25.1 Å². The number of imidazole rings is 1. The maximum atomic E-state index is 12.8. The number of nitrogens with zero attached hydrogens (tertiary/aromatic N) is 5. The van der Waals surface area contributed by atoms with Gasteiger partial charge < -0.3 is 9.47 Å². The highest BCUT2D eigenvalue weighted by Gasteiger charge is 2.26. The minimum Gasteiger partial charge on any atom is -0.352 e. The number of para-hydroxylation sites is 2. The molecule has 0 bridgehead atoms. The molecule has 1 aliphatic rings. The number of hydrogen-bond acceptors (Lipinski definition) is 5. The number of pyridine rings is 1. The molecule has 0 radical (unpaired) electrons. The van der Waals surface area contributed by atoms with Gasteiger partial charge in [-0.05, 0) is 37.1 Å². The van der Waals surface area contributed by atoms with Crippen LogP contribution in [0.15, 0.2) is 47.5 Å². The third-order valence-electron chi connectivity index (χ3n) is 5.32. The predicted octanol–water partition coefficient (Wildman–Crippen LogP) is 2.78. The van der Waals surface area contributed by atoms with E-state index in [-0.39, 0.29) is 4.90 Å². The van der Waals surface area contributed by atoms with Crippen molar-refractivity contribution < 1.29 is 8.42 Å². The van der Waals surface area contributed by atoms with Crippen molar-refractivity contribution >= 4 is 26.9 Å². The largest absolute Gasteiger partial charge is 0.352 e. The summed E-state index contributed by atoms with van der Waals surface area (Å²) in [4.78, 5) is 11.3. The van der Waals surface area contributed by atoms with E-state index in [1.807, 2.05) is 43.3 Å². The fourth-order valence-electron chi connectivity index (χ4n) is 3.64. The van der Waals surface area contributed by atoms with Crippen molar-refractivity contribution in [3.8, 4) is 0 Å². The second-order valence-electron chi connectivity index (χ2n) is 7.25. The highest BCUT2D eigenvalue weighted by Crippen LogP contribution is 2.22. The van der Waals surface area contributed by atoms with Crippen LogP contribution >= 0.6 is 0 Å². The molecule has 8 heteroatoms. The number of piperidine rings is 1. The summed E-state index contributed by atoms with van der Waals surface area (Å²) in [6, 6.07) is 11.4. The molecule has 1 fully saturated rings. The molecule has 0 unspecified atom stereocenters. The van der Waals surface area contributed by atoms with Gasteiger partial charge in [0.25, 0.3) is 0 Å². The Kier molecular flexibility index (Phi) is 5.07. The monoisotopic (exact) mass is 399 g/mol. The molecule has 1 aromatic carbocycles. The smallest absolute Gasteiger partial charge is 0.244 e. The lowest BCUT2D eigenvalue weighted by atomic mass is 10.2. The minimum absolute atomic E-state index is 0.259. The van der Waals surface area contributed by atoms with Gasteiger partial charge in [-0.2, -0.15) is 4.31 Å². The molecular weight excluding hydrogens is 374 g/mol. The molecule has 2 aromatic heterocycles. The zero-order valence-corrected chi connectivity index (χ0v) is 17.1. The van der Waals surface area contributed by atoms with Gasteiger partial charge in [0.05, 0.1) is 17.6 Å². The van der Waals surface area contributed by atoms with E-state index in [2.05, 4.69) is 14.5 Å². The third kappa shape index (κ3) is 3.49. The summed E-state index contributed by atoms with van der Waals surface area (Å²) in [5.74, 6) is 1.64. The van der Waals surface area contributed by atoms with Gasteiger partial charge in [-0.15, -0.1) is 0 Å². The molecule has 0 spiro atoms. The van der Waals surface area contributed by atoms with Gasteiger partial charge in [-0.25, -0.2) is 18.4 Å². The Bertz CT molecular complexity index is 1070.